The van der Waals surface area contributed by atoms with Gasteiger partial charge < -0.3 is 14.2 Å². The summed E-state index contributed by atoms with van der Waals surface area (Å²) in [5.74, 6) is 0.991. The number of imidazole rings is 1. The number of aromatic amines is 1. The van der Waals surface area contributed by atoms with E-state index in [1.54, 1.807) is 30.0 Å². The number of rotatable bonds is 4. The standard InChI is InChI=1S/C23H19FN4O3/c1-12-21(13(2)31-27-12)17-8-18-16(9-20(17)30-3)22-19(10-25-18)26-23(29)28(22)11-14-4-6-15(24)7-5-14/h4-10H,11H2,1-3H3,(H,26,29). The smallest absolute Gasteiger partial charge is 0.326 e. The molecule has 3 heterocycles. The van der Waals surface area contributed by atoms with Crippen LogP contribution in [-0.4, -0.2) is 26.8 Å². The van der Waals surface area contributed by atoms with Gasteiger partial charge in [-0.05, 0) is 43.7 Å². The minimum absolute atomic E-state index is 0.262. The van der Waals surface area contributed by atoms with Crippen molar-refractivity contribution in [2.75, 3.05) is 7.11 Å². The number of hydrogen-bond acceptors (Lipinski definition) is 5. The summed E-state index contributed by atoms with van der Waals surface area (Å²) in [4.78, 5) is 20.1. The molecule has 0 unspecified atom stereocenters. The minimum Gasteiger partial charge on any atom is -0.496 e. The van der Waals surface area contributed by atoms with Crippen molar-refractivity contribution in [1.82, 2.24) is 19.7 Å². The van der Waals surface area contributed by atoms with Gasteiger partial charge in [0.2, 0.25) is 0 Å². The molecule has 3 aromatic heterocycles. The molecule has 0 atom stereocenters. The summed E-state index contributed by atoms with van der Waals surface area (Å²) in [5, 5.41) is 4.81. The fourth-order valence-corrected chi connectivity index (χ4v) is 4.03. The van der Waals surface area contributed by atoms with E-state index in [0.717, 1.165) is 27.8 Å². The zero-order valence-electron chi connectivity index (χ0n) is 17.2. The highest BCUT2D eigenvalue weighted by Gasteiger charge is 2.19. The molecule has 0 saturated heterocycles. The van der Waals surface area contributed by atoms with Crippen molar-refractivity contribution in [3.63, 3.8) is 0 Å². The van der Waals surface area contributed by atoms with Crippen LogP contribution in [0.5, 0.6) is 5.75 Å². The first kappa shape index (κ1) is 19.0. The number of halogens is 1. The molecular weight excluding hydrogens is 399 g/mol. The summed E-state index contributed by atoms with van der Waals surface area (Å²) < 4.78 is 25.9. The quantitative estimate of drug-likeness (QED) is 0.469. The average Bonchev–Trinajstić information content (AvgIpc) is 3.26. The van der Waals surface area contributed by atoms with Crippen LogP contribution in [0.3, 0.4) is 0 Å². The number of aryl methyl sites for hydroxylation is 2. The molecule has 0 fully saturated rings. The number of pyridine rings is 1. The maximum Gasteiger partial charge on any atom is 0.326 e. The minimum atomic E-state index is -0.318. The van der Waals surface area contributed by atoms with Gasteiger partial charge in [0.25, 0.3) is 0 Å². The Hall–Kier alpha value is -3.94. The maximum absolute atomic E-state index is 13.3. The van der Waals surface area contributed by atoms with Crippen LogP contribution < -0.4 is 10.4 Å². The third-order valence-electron chi connectivity index (χ3n) is 5.47. The van der Waals surface area contributed by atoms with Crippen molar-refractivity contribution in [2.24, 2.45) is 0 Å². The van der Waals surface area contributed by atoms with Crippen LogP contribution in [0.1, 0.15) is 17.0 Å². The number of aromatic nitrogens is 4. The Morgan fingerprint density at radius 1 is 1.19 bits per heavy atom. The number of nitrogens with zero attached hydrogens (tertiary/aromatic N) is 3. The SMILES string of the molecule is COc1cc2c(cc1-c1c(C)noc1C)ncc1[nH]c(=O)n(Cc3ccc(F)cc3)c12. The molecule has 0 radical (unpaired) electrons. The highest BCUT2D eigenvalue weighted by Crippen LogP contribution is 2.38. The molecule has 7 nitrogen and oxygen atoms in total. The average molecular weight is 418 g/mol. The third-order valence-corrected chi connectivity index (χ3v) is 5.47. The van der Waals surface area contributed by atoms with Gasteiger partial charge in [-0.15, -0.1) is 0 Å². The van der Waals surface area contributed by atoms with Gasteiger partial charge in [-0.1, -0.05) is 17.3 Å². The Balaban J connectivity index is 1.76. The second-order valence-corrected chi connectivity index (χ2v) is 7.43. The van der Waals surface area contributed by atoms with E-state index in [1.165, 1.54) is 12.1 Å². The van der Waals surface area contributed by atoms with E-state index in [0.29, 0.717) is 34.6 Å². The second-order valence-electron chi connectivity index (χ2n) is 7.43. The van der Waals surface area contributed by atoms with Crippen LogP contribution >= 0.6 is 0 Å². The summed E-state index contributed by atoms with van der Waals surface area (Å²) in [6.45, 7) is 4.02. The normalized spacial score (nSPS) is 11.5. The van der Waals surface area contributed by atoms with Gasteiger partial charge in [-0.25, -0.2) is 9.18 Å². The van der Waals surface area contributed by atoms with Crippen LogP contribution in [0, 0.1) is 19.7 Å². The van der Waals surface area contributed by atoms with Crippen molar-refractivity contribution >= 4 is 21.9 Å². The molecule has 31 heavy (non-hydrogen) atoms. The lowest BCUT2D eigenvalue weighted by Gasteiger charge is -2.12. The van der Waals surface area contributed by atoms with Crippen LogP contribution in [-0.2, 0) is 6.54 Å². The first-order chi connectivity index (χ1) is 15.0. The van der Waals surface area contributed by atoms with E-state index in [2.05, 4.69) is 15.1 Å². The zero-order chi connectivity index (χ0) is 21.7. The summed E-state index contributed by atoms with van der Waals surface area (Å²) in [6.07, 6.45) is 1.64. The van der Waals surface area contributed by atoms with E-state index < -0.39 is 0 Å². The van der Waals surface area contributed by atoms with Gasteiger partial charge in [-0.2, -0.15) is 0 Å². The molecular formula is C23H19FN4O3. The highest BCUT2D eigenvalue weighted by atomic mass is 19.1. The first-order valence-electron chi connectivity index (χ1n) is 9.73. The van der Waals surface area contributed by atoms with E-state index in [-0.39, 0.29) is 11.5 Å². The number of H-pyrrole nitrogens is 1. The van der Waals surface area contributed by atoms with Crippen molar-refractivity contribution in [3.05, 3.63) is 75.9 Å². The van der Waals surface area contributed by atoms with Gasteiger partial charge in [0, 0.05) is 10.9 Å². The molecule has 0 bridgehead atoms. The Morgan fingerprint density at radius 2 is 1.97 bits per heavy atom. The highest BCUT2D eigenvalue weighted by molar-refractivity contribution is 6.04. The van der Waals surface area contributed by atoms with E-state index in [9.17, 15) is 9.18 Å². The summed E-state index contributed by atoms with van der Waals surface area (Å²) >= 11 is 0. The molecule has 0 spiro atoms. The lowest BCUT2D eigenvalue weighted by Crippen LogP contribution is -2.17. The molecule has 156 valence electrons. The summed E-state index contributed by atoms with van der Waals surface area (Å²) in [7, 11) is 1.60. The molecule has 0 saturated carbocycles. The van der Waals surface area contributed by atoms with Crippen molar-refractivity contribution in [2.45, 2.75) is 20.4 Å². The van der Waals surface area contributed by atoms with Gasteiger partial charge in [0.15, 0.2) is 0 Å². The maximum atomic E-state index is 13.3. The fraction of sp³-hybridized carbons (Fsp3) is 0.174. The van der Waals surface area contributed by atoms with Crippen LogP contribution in [0.2, 0.25) is 0 Å². The van der Waals surface area contributed by atoms with E-state index >= 15 is 0 Å². The molecule has 2 aromatic carbocycles. The number of hydrogen-bond donors (Lipinski definition) is 1. The Bertz CT molecular complexity index is 1480. The number of benzene rings is 2. The van der Waals surface area contributed by atoms with Crippen LogP contribution in [0.15, 0.2) is 51.9 Å². The lowest BCUT2D eigenvalue weighted by atomic mass is 10.0. The molecule has 1 N–H and O–H groups in total. The Morgan fingerprint density at radius 3 is 2.65 bits per heavy atom. The largest absolute Gasteiger partial charge is 0.496 e. The van der Waals surface area contributed by atoms with Gasteiger partial charge >= 0.3 is 5.69 Å². The predicted octanol–water partition coefficient (Wildman–Crippen LogP) is 4.35. The van der Waals surface area contributed by atoms with Crippen molar-refractivity contribution in [3.8, 4) is 16.9 Å². The van der Waals surface area contributed by atoms with E-state index in [1.807, 2.05) is 26.0 Å². The first-order valence-corrected chi connectivity index (χ1v) is 9.73. The molecule has 5 rings (SSSR count). The van der Waals surface area contributed by atoms with Crippen molar-refractivity contribution in [1.29, 1.82) is 0 Å². The number of ether oxygens (including phenoxy) is 1. The lowest BCUT2D eigenvalue weighted by molar-refractivity contribution is 0.393. The fourth-order valence-electron chi connectivity index (χ4n) is 4.03. The summed E-state index contributed by atoms with van der Waals surface area (Å²) in [5.41, 5.74) is 5.02. The molecule has 0 aliphatic rings. The number of nitrogens with one attached hydrogen (secondary N) is 1. The van der Waals surface area contributed by atoms with Gasteiger partial charge in [0.05, 0.1) is 47.7 Å². The topological polar surface area (TPSA) is 85.9 Å². The monoisotopic (exact) mass is 418 g/mol. The predicted molar refractivity (Wildman–Crippen MR) is 115 cm³/mol. The van der Waals surface area contributed by atoms with Crippen LogP contribution in [0.4, 0.5) is 4.39 Å². The molecule has 0 aliphatic carbocycles. The number of methoxy groups -OCH3 is 1. The summed E-state index contributed by atoms with van der Waals surface area (Å²) in [6, 6.07) is 9.89. The van der Waals surface area contributed by atoms with E-state index in [4.69, 9.17) is 9.26 Å². The van der Waals surface area contributed by atoms with Crippen LogP contribution in [0.25, 0.3) is 33.1 Å². The Labute approximate surface area is 176 Å². The molecule has 0 aliphatic heterocycles. The third kappa shape index (κ3) is 3.07. The van der Waals surface area contributed by atoms with Gasteiger partial charge in [-0.3, -0.25) is 9.55 Å². The van der Waals surface area contributed by atoms with Gasteiger partial charge in [0.1, 0.15) is 17.3 Å². The zero-order valence-corrected chi connectivity index (χ0v) is 17.2. The van der Waals surface area contributed by atoms with Crippen molar-refractivity contribution < 1.29 is 13.7 Å². The number of fused-ring (bicyclic) bond motifs is 3. The second kappa shape index (κ2) is 7.09. The molecule has 8 heteroatoms. The molecule has 0 amide bonds. The molecule has 5 aromatic rings. The Kier molecular flexibility index (Phi) is 4.35.